The lowest BCUT2D eigenvalue weighted by atomic mass is 10.1. The van der Waals surface area contributed by atoms with E-state index in [0.29, 0.717) is 11.5 Å². The third kappa shape index (κ3) is 3.67. The maximum Gasteiger partial charge on any atom is 0.320 e. The Hall–Kier alpha value is -2.93. The Labute approximate surface area is 152 Å². The minimum atomic E-state index is -0.353. The first kappa shape index (κ1) is 17.9. The molecule has 3 rings (SSSR count). The molecule has 0 fully saturated rings. The first-order valence-electron chi connectivity index (χ1n) is 8.60. The van der Waals surface area contributed by atoms with Gasteiger partial charge in [-0.25, -0.2) is 9.78 Å². The molecule has 136 valence electrons. The van der Waals surface area contributed by atoms with Crippen molar-refractivity contribution >= 4 is 22.8 Å². The van der Waals surface area contributed by atoms with Gasteiger partial charge in [0, 0.05) is 11.4 Å². The molecule has 1 atom stereocenters. The molecule has 0 aliphatic rings. The van der Waals surface area contributed by atoms with Gasteiger partial charge in [-0.1, -0.05) is 30.3 Å². The van der Waals surface area contributed by atoms with Crippen molar-refractivity contribution in [2.24, 2.45) is 0 Å². The number of rotatable bonds is 5. The molecule has 1 unspecified atom stereocenters. The second kappa shape index (κ2) is 7.53. The number of hydrogen-bond acceptors (Lipinski definition) is 4. The highest BCUT2D eigenvalue weighted by molar-refractivity contribution is 5.92. The molecule has 3 N–H and O–H groups in total. The Morgan fingerprint density at radius 2 is 1.96 bits per heavy atom. The van der Waals surface area contributed by atoms with E-state index in [1.807, 2.05) is 55.8 Å². The summed E-state index contributed by atoms with van der Waals surface area (Å²) < 4.78 is 1.81. The van der Waals surface area contributed by atoms with Crippen LogP contribution in [0.3, 0.4) is 0 Å². The van der Waals surface area contributed by atoms with Crippen LogP contribution >= 0.6 is 0 Å². The van der Waals surface area contributed by atoms with Gasteiger partial charge >= 0.3 is 6.03 Å². The molecule has 2 aromatic heterocycles. The number of aliphatic hydroxyl groups is 1. The number of urea groups is 1. The third-order valence-electron chi connectivity index (χ3n) is 4.17. The van der Waals surface area contributed by atoms with E-state index in [0.717, 1.165) is 16.5 Å². The van der Waals surface area contributed by atoms with E-state index in [1.54, 1.807) is 12.3 Å². The van der Waals surface area contributed by atoms with Crippen LogP contribution in [0.25, 0.3) is 10.9 Å². The lowest BCUT2D eigenvalue weighted by molar-refractivity contribution is 0.249. The molecular formula is C19H23N5O2. The van der Waals surface area contributed by atoms with E-state index in [4.69, 9.17) is 0 Å². The SMILES string of the molecule is CC(NC(=O)Nc1cc2cnn(C(C)C)c2c(CO)n1)c1ccccc1. The van der Waals surface area contributed by atoms with Crippen molar-refractivity contribution in [3.8, 4) is 0 Å². The Balaban J connectivity index is 1.79. The van der Waals surface area contributed by atoms with Gasteiger partial charge < -0.3 is 10.4 Å². The number of carbonyl (C=O) groups is 1. The van der Waals surface area contributed by atoms with Crippen molar-refractivity contribution in [3.63, 3.8) is 0 Å². The second-order valence-corrected chi connectivity index (χ2v) is 6.46. The van der Waals surface area contributed by atoms with E-state index >= 15 is 0 Å². The number of benzene rings is 1. The van der Waals surface area contributed by atoms with Crippen LogP contribution in [0.5, 0.6) is 0 Å². The van der Waals surface area contributed by atoms with Gasteiger partial charge in [-0.2, -0.15) is 5.10 Å². The molecule has 0 aliphatic carbocycles. The molecular weight excluding hydrogens is 330 g/mol. The predicted molar refractivity (Wildman–Crippen MR) is 101 cm³/mol. The topological polar surface area (TPSA) is 92.1 Å². The highest BCUT2D eigenvalue weighted by Crippen LogP contribution is 2.24. The summed E-state index contributed by atoms with van der Waals surface area (Å²) in [6, 6.07) is 11.1. The van der Waals surface area contributed by atoms with E-state index in [-0.39, 0.29) is 24.7 Å². The molecule has 2 amide bonds. The lowest BCUT2D eigenvalue weighted by Gasteiger charge is -2.15. The second-order valence-electron chi connectivity index (χ2n) is 6.46. The number of anilines is 1. The largest absolute Gasteiger partial charge is 0.390 e. The molecule has 2 heterocycles. The van der Waals surface area contributed by atoms with Crippen LogP contribution in [0.4, 0.5) is 10.6 Å². The van der Waals surface area contributed by atoms with Crippen LogP contribution in [-0.4, -0.2) is 25.9 Å². The van der Waals surface area contributed by atoms with E-state index in [1.165, 1.54) is 0 Å². The smallest absolute Gasteiger partial charge is 0.320 e. The van der Waals surface area contributed by atoms with Gasteiger partial charge in [0.25, 0.3) is 0 Å². The number of hydrogen-bond donors (Lipinski definition) is 3. The normalized spacial score (nSPS) is 12.3. The molecule has 0 bridgehead atoms. The fraction of sp³-hybridized carbons (Fsp3) is 0.316. The summed E-state index contributed by atoms with van der Waals surface area (Å²) in [6.45, 7) is 5.71. The average Bonchev–Trinajstić information content (AvgIpc) is 3.05. The zero-order chi connectivity index (χ0) is 18.7. The van der Waals surface area contributed by atoms with Crippen LogP contribution in [0.2, 0.25) is 0 Å². The van der Waals surface area contributed by atoms with E-state index in [2.05, 4.69) is 20.7 Å². The van der Waals surface area contributed by atoms with Crippen LogP contribution in [0.1, 0.15) is 44.1 Å². The van der Waals surface area contributed by atoms with Crippen LogP contribution < -0.4 is 10.6 Å². The number of fused-ring (bicyclic) bond motifs is 1. The average molecular weight is 353 g/mol. The molecule has 0 radical (unpaired) electrons. The Morgan fingerprint density at radius 3 is 2.62 bits per heavy atom. The van der Waals surface area contributed by atoms with Crippen molar-refractivity contribution in [2.75, 3.05) is 5.32 Å². The maximum absolute atomic E-state index is 12.3. The van der Waals surface area contributed by atoms with Crippen molar-refractivity contribution < 1.29 is 9.90 Å². The summed E-state index contributed by atoms with van der Waals surface area (Å²) >= 11 is 0. The highest BCUT2D eigenvalue weighted by Gasteiger charge is 2.15. The molecule has 1 aromatic carbocycles. The van der Waals surface area contributed by atoms with Gasteiger partial charge in [-0.15, -0.1) is 0 Å². The van der Waals surface area contributed by atoms with E-state index in [9.17, 15) is 9.90 Å². The standard InChI is InChI=1S/C19H23N5O2/c1-12(2)24-18-15(10-20-24)9-17(22-16(18)11-25)23-19(26)21-13(3)14-7-5-4-6-8-14/h4-10,12-13,25H,11H2,1-3H3,(H2,21,22,23,26). The van der Waals surface area contributed by atoms with Crippen LogP contribution in [-0.2, 0) is 6.61 Å². The van der Waals surface area contributed by atoms with Crippen molar-refractivity contribution in [1.82, 2.24) is 20.1 Å². The number of carbonyl (C=O) groups excluding carboxylic acids is 1. The third-order valence-corrected chi connectivity index (χ3v) is 4.17. The number of nitrogens with one attached hydrogen (secondary N) is 2. The van der Waals surface area contributed by atoms with Gasteiger partial charge in [0.2, 0.25) is 0 Å². The summed E-state index contributed by atoms with van der Waals surface area (Å²) in [7, 11) is 0. The molecule has 0 spiro atoms. The first-order valence-corrected chi connectivity index (χ1v) is 8.60. The molecule has 7 heteroatoms. The lowest BCUT2D eigenvalue weighted by Crippen LogP contribution is -2.31. The zero-order valence-electron chi connectivity index (χ0n) is 15.1. The van der Waals surface area contributed by atoms with Crippen LogP contribution in [0.15, 0.2) is 42.6 Å². The summed E-state index contributed by atoms with van der Waals surface area (Å²) in [5.74, 6) is 0.377. The fourth-order valence-corrected chi connectivity index (χ4v) is 2.90. The summed E-state index contributed by atoms with van der Waals surface area (Å²) in [5, 5.41) is 20.5. The number of pyridine rings is 1. The molecule has 7 nitrogen and oxygen atoms in total. The van der Waals surface area contributed by atoms with Crippen molar-refractivity contribution in [3.05, 3.63) is 53.9 Å². The van der Waals surface area contributed by atoms with Gasteiger partial charge in [0.15, 0.2) is 0 Å². The monoisotopic (exact) mass is 353 g/mol. The highest BCUT2D eigenvalue weighted by atomic mass is 16.3. The summed E-state index contributed by atoms with van der Waals surface area (Å²) in [4.78, 5) is 16.7. The van der Waals surface area contributed by atoms with Crippen molar-refractivity contribution in [1.29, 1.82) is 0 Å². The Kier molecular flexibility index (Phi) is 5.18. The van der Waals surface area contributed by atoms with Crippen LogP contribution in [0, 0.1) is 0 Å². The molecule has 0 aliphatic heterocycles. The number of nitrogens with zero attached hydrogens (tertiary/aromatic N) is 3. The molecule has 26 heavy (non-hydrogen) atoms. The number of amides is 2. The first-order chi connectivity index (χ1) is 12.5. The Morgan fingerprint density at radius 1 is 1.23 bits per heavy atom. The summed E-state index contributed by atoms with van der Waals surface area (Å²) in [6.07, 6.45) is 1.71. The Bertz CT molecular complexity index is 905. The molecule has 0 saturated carbocycles. The predicted octanol–water partition coefficient (Wildman–Crippen LogP) is 3.39. The zero-order valence-corrected chi connectivity index (χ0v) is 15.1. The maximum atomic E-state index is 12.3. The van der Waals surface area contributed by atoms with E-state index < -0.39 is 0 Å². The van der Waals surface area contributed by atoms with Gasteiger partial charge in [0.1, 0.15) is 5.82 Å². The minimum Gasteiger partial charge on any atom is -0.390 e. The number of aromatic nitrogens is 3. The number of aliphatic hydroxyl groups excluding tert-OH is 1. The molecule has 3 aromatic rings. The summed E-state index contributed by atoms with van der Waals surface area (Å²) in [5.41, 5.74) is 2.28. The minimum absolute atomic E-state index is 0.138. The van der Waals surface area contributed by atoms with Gasteiger partial charge in [-0.3, -0.25) is 10.00 Å². The fourth-order valence-electron chi connectivity index (χ4n) is 2.90. The molecule has 0 saturated heterocycles. The van der Waals surface area contributed by atoms with Gasteiger partial charge in [0.05, 0.1) is 30.1 Å². The van der Waals surface area contributed by atoms with Crippen molar-refractivity contribution in [2.45, 2.75) is 39.5 Å². The quantitative estimate of drug-likeness (QED) is 0.655. The van der Waals surface area contributed by atoms with Gasteiger partial charge in [-0.05, 0) is 32.4 Å².